The molecule has 0 aromatic heterocycles. The smallest absolute Gasteiger partial charge is 0.411 e. The van der Waals surface area contributed by atoms with Gasteiger partial charge in [0, 0.05) is 17.8 Å². The van der Waals surface area contributed by atoms with Gasteiger partial charge in [0.25, 0.3) is 0 Å². The van der Waals surface area contributed by atoms with Crippen molar-refractivity contribution in [2.45, 2.75) is 33.3 Å². The third kappa shape index (κ3) is 5.25. The van der Waals surface area contributed by atoms with Crippen LogP contribution < -0.4 is 5.32 Å². The molecule has 0 saturated heterocycles. The number of nitrogens with zero attached hydrogens (tertiary/aromatic N) is 1. The van der Waals surface area contributed by atoms with Crippen LogP contribution in [0.15, 0.2) is 29.3 Å². The van der Waals surface area contributed by atoms with Crippen molar-refractivity contribution in [3.05, 3.63) is 29.8 Å². The molecule has 0 heterocycles. The van der Waals surface area contributed by atoms with Crippen LogP contribution in [0.5, 0.6) is 0 Å². The maximum absolute atomic E-state index is 11.6. The Morgan fingerprint density at radius 3 is 2.50 bits per heavy atom. The van der Waals surface area contributed by atoms with Crippen LogP contribution in [-0.2, 0) is 4.74 Å². The Balaban J connectivity index is 2.67. The zero-order valence-corrected chi connectivity index (χ0v) is 13.3. The molecule has 4 nitrogen and oxygen atoms in total. The molecule has 0 bridgehead atoms. The Labute approximate surface area is 125 Å². The molecule has 1 aromatic carbocycles. The normalized spacial score (nSPS) is 12.9. The molecule has 0 fully saturated rings. The first-order valence-corrected chi connectivity index (χ1v) is 7.99. The SMILES string of the molecule is CCN=C(SC)c1ccc(NC(=O)OC(C)CC)cc1. The van der Waals surface area contributed by atoms with Gasteiger partial charge in [0.15, 0.2) is 0 Å². The molecule has 110 valence electrons. The zero-order valence-electron chi connectivity index (χ0n) is 12.5. The number of thioether (sulfide) groups is 1. The number of carbonyl (C=O) groups is 1. The van der Waals surface area contributed by atoms with Gasteiger partial charge < -0.3 is 4.74 Å². The molecule has 1 N–H and O–H groups in total. The predicted octanol–water partition coefficient (Wildman–Crippen LogP) is 4.16. The third-order valence-corrected chi connectivity index (χ3v) is 3.51. The lowest BCUT2D eigenvalue weighted by Gasteiger charge is -2.12. The summed E-state index contributed by atoms with van der Waals surface area (Å²) in [5.41, 5.74) is 1.78. The van der Waals surface area contributed by atoms with Crippen LogP contribution in [0.1, 0.15) is 32.8 Å². The fraction of sp³-hybridized carbons (Fsp3) is 0.467. The van der Waals surface area contributed by atoms with Gasteiger partial charge in [0.1, 0.15) is 6.10 Å². The van der Waals surface area contributed by atoms with Crippen LogP contribution >= 0.6 is 11.8 Å². The van der Waals surface area contributed by atoms with Gasteiger partial charge in [-0.05, 0) is 38.7 Å². The van der Waals surface area contributed by atoms with E-state index in [0.29, 0.717) is 0 Å². The first-order valence-electron chi connectivity index (χ1n) is 6.77. The molecule has 0 aliphatic carbocycles. The quantitative estimate of drug-likeness (QED) is 0.655. The van der Waals surface area contributed by atoms with Gasteiger partial charge >= 0.3 is 6.09 Å². The average Bonchev–Trinajstić information content (AvgIpc) is 2.45. The lowest BCUT2D eigenvalue weighted by atomic mass is 10.2. The van der Waals surface area contributed by atoms with Crippen molar-refractivity contribution in [3.8, 4) is 0 Å². The van der Waals surface area contributed by atoms with Crippen LogP contribution in [0.2, 0.25) is 0 Å². The van der Waals surface area contributed by atoms with Gasteiger partial charge in [0.05, 0.1) is 5.04 Å². The highest BCUT2D eigenvalue weighted by Gasteiger charge is 2.08. The van der Waals surface area contributed by atoms with Crippen molar-refractivity contribution in [3.63, 3.8) is 0 Å². The Kier molecular flexibility index (Phi) is 7.15. The lowest BCUT2D eigenvalue weighted by molar-refractivity contribution is 0.118. The van der Waals surface area contributed by atoms with Crippen LogP contribution in [-0.4, -0.2) is 30.0 Å². The Hall–Kier alpha value is -1.49. The van der Waals surface area contributed by atoms with Gasteiger partial charge in [-0.1, -0.05) is 19.1 Å². The summed E-state index contributed by atoms with van der Waals surface area (Å²) in [6, 6.07) is 7.61. The van der Waals surface area contributed by atoms with Gasteiger partial charge in [-0.15, -0.1) is 11.8 Å². The highest BCUT2D eigenvalue weighted by atomic mass is 32.2. The van der Waals surface area contributed by atoms with E-state index < -0.39 is 6.09 Å². The first-order chi connectivity index (χ1) is 9.60. The van der Waals surface area contributed by atoms with E-state index in [9.17, 15) is 4.79 Å². The van der Waals surface area contributed by atoms with E-state index in [-0.39, 0.29) is 6.10 Å². The van der Waals surface area contributed by atoms with Crippen LogP contribution in [0.4, 0.5) is 10.5 Å². The molecule has 1 aromatic rings. The minimum atomic E-state index is -0.417. The molecule has 0 aliphatic rings. The molecule has 1 amide bonds. The van der Waals surface area contributed by atoms with Crippen LogP contribution in [0, 0.1) is 0 Å². The van der Waals surface area contributed by atoms with E-state index >= 15 is 0 Å². The van der Waals surface area contributed by atoms with Crippen molar-refractivity contribution in [1.82, 2.24) is 0 Å². The molecular formula is C15H22N2O2S. The second kappa shape index (κ2) is 8.64. The number of amides is 1. The van der Waals surface area contributed by atoms with Crippen molar-refractivity contribution < 1.29 is 9.53 Å². The summed E-state index contributed by atoms with van der Waals surface area (Å²) >= 11 is 1.62. The summed E-state index contributed by atoms with van der Waals surface area (Å²) in [5, 5.41) is 3.72. The third-order valence-electron chi connectivity index (χ3n) is 2.76. The highest BCUT2D eigenvalue weighted by Crippen LogP contribution is 2.15. The molecule has 1 atom stereocenters. The van der Waals surface area contributed by atoms with Gasteiger partial charge in [-0.2, -0.15) is 0 Å². The Morgan fingerprint density at radius 1 is 1.35 bits per heavy atom. The number of rotatable bonds is 5. The second-order valence-electron chi connectivity index (χ2n) is 4.31. The van der Waals surface area contributed by atoms with E-state index in [1.165, 1.54) is 0 Å². The number of benzene rings is 1. The van der Waals surface area contributed by atoms with Gasteiger partial charge in [0.2, 0.25) is 0 Å². The van der Waals surface area contributed by atoms with E-state index in [0.717, 1.165) is 29.3 Å². The van der Waals surface area contributed by atoms with Crippen LogP contribution in [0.25, 0.3) is 0 Å². The molecule has 20 heavy (non-hydrogen) atoms. The number of nitrogens with one attached hydrogen (secondary N) is 1. The van der Waals surface area contributed by atoms with E-state index in [4.69, 9.17) is 4.74 Å². The zero-order chi connectivity index (χ0) is 15.0. The molecule has 0 radical (unpaired) electrons. The number of anilines is 1. The minimum absolute atomic E-state index is 0.0749. The largest absolute Gasteiger partial charge is 0.446 e. The van der Waals surface area contributed by atoms with Crippen molar-refractivity contribution in [1.29, 1.82) is 0 Å². The minimum Gasteiger partial charge on any atom is -0.446 e. The number of hydrogen-bond donors (Lipinski definition) is 1. The van der Waals surface area contributed by atoms with E-state index in [1.54, 1.807) is 11.8 Å². The highest BCUT2D eigenvalue weighted by molar-refractivity contribution is 8.13. The summed E-state index contributed by atoms with van der Waals surface area (Å²) in [6.45, 7) is 6.62. The summed E-state index contributed by atoms with van der Waals surface area (Å²) in [7, 11) is 0. The van der Waals surface area contributed by atoms with E-state index in [1.807, 2.05) is 51.3 Å². The molecule has 1 rings (SSSR count). The first kappa shape index (κ1) is 16.6. The number of carbonyl (C=O) groups excluding carboxylic acids is 1. The van der Waals surface area contributed by atoms with Crippen molar-refractivity contribution in [2.75, 3.05) is 18.1 Å². The molecule has 0 spiro atoms. The van der Waals surface area contributed by atoms with Crippen molar-refractivity contribution in [2.24, 2.45) is 4.99 Å². The predicted molar refractivity (Wildman–Crippen MR) is 86.9 cm³/mol. The summed E-state index contributed by atoms with van der Waals surface area (Å²) in [4.78, 5) is 16.0. The molecule has 0 saturated carbocycles. The Morgan fingerprint density at radius 2 is 2.00 bits per heavy atom. The van der Waals surface area contributed by atoms with Crippen LogP contribution in [0.3, 0.4) is 0 Å². The monoisotopic (exact) mass is 294 g/mol. The van der Waals surface area contributed by atoms with Gasteiger partial charge in [-0.3, -0.25) is 10.3 Å². The molecule has 5 heteroatoms. The fourth-order valence-corrected chi connectivity index (χ4v) is 2.16. The van der Waals surface area contributed by atoms with Gasteiger partial charge in [-0.25, -0.2) is 4.79 Å². The molecule has 1 unspecified atom stereocenters. The molecule has 0 aliphatic heterocycles. The maximum Gasteiger partial charge on any atom is 0.411 e. The average molecular weight is 294 g/mol. The lowest BCUT2D eigenvalue weighted by Crippen LogP contribution is -2.19. The Bertz CT molecular complexity index is 457. The molecular weight excluding hydrogens is 272 g/mol. The standard InChI is InChI=1S/C15H22N2O2S/c1-5-11(3)19-15(18)17-13-9-7-12(8-10-13)14(20-4)16-6-2/h7-11H,5-6H2,1-4H3,(H,17,18). The summed E-state index contributed by atoms with van der Waals surface area (Å²) < 4.78 is 5.16. The van der Waals surface area contributed by atoms with E-state index in [2.05, 4.69) is 10.3 Å². The summed E-state index contributed by atoms with van der Waals surface area (Å²) in [5.74, 6) is 0. The van der Waals surface area contributed by atoms with Crippen molar-refractivity contribution >= 4 is 28.6 Å². The second-order valence-corrected chi connectivity index (χ2v) is 5.11. The number of aliphatic imine (C=N–C) groups is 1. The number of hydrogen-bond acceptors (Lipinski definition) is 4. The fourth-order valence-electron chi connectivity index (χ4n) is 1.53. The summed E-state index contributed by atoms with van der Waals surface area (Å²) in [6.07, 6.45) is 2.31. The maximum atomic E-state index is 11.6. The number of ether oxygens (including phenoxy) is 1. The topological polar surface area (TPSA) is 50.7 Å².